The first-order valence-corrected chi connectivity index (χ1v) is 21.9. The number of alkyl halides is 3. The molecule has 6 amide bonds. The largest absolute Gasteiger partial charge is 0.481 e. The molecule has 0 bridgehead atoms. The maximum absolute atomic E-state index is 14.4. The van der Waals surface area contributed by atoms with Crippen LogP contribution in [0, 0.1) is 18.3 Å². The molecule has 0 saturated heterocycles. The molecule has 2 rings (SSSR count). The number of amides is 6. The van der Waals surface area contributed by atoms with Gasteiger partial charge in [-0.05, 0) is 41.4 Å². The zero-order valence-electron chi connectivity index (χ0n) is 37.1. The first-order chi connectivity index (χ1) is 30.3. The average molecular weight is 937 g/mol. The number of aldehydes is 1. The second-order valence-corrected chi connectivity index (χ2v) is 18.0. The van der Waals surface area contributed by atoms with E-state index in [1.807, 2.05) is 17.4 Å². The van der Waals surface area contributed by atoms with E-state index < -0.39 is 121 Å². The monoisotopic (exact) mass is 936 g/mol. The first-order valence-electron chi connectivity index (χ1n) is 20.7. The highest BCUT2D eigenvalue weighted by Crippen LogP contribution is 2.23. The highest BCUT2D eigenvalue weighted by atomic mass is 32.2. The van der Waals surface area contributed by atoms with Gasteiger partial charge in [0.25, 0.3) is 0 Å². The number of nitrogens with one attached hydrogen (secondary N) is 6. The smallest absolute Gasteiger partial charge is 0.391 e. The van der Waals surface area contributed by atoms with Crippen molar-refractivity contribution in [2.24, 2.45) is 11.3 Å². The Morgan fingerprint density at radius 3 is 1.78 bits per heavy atom. The molecule has 0 saturated carbocycles. The summed E-state index contributed by atoms with van der Waals surface area (Å²) in [5.41, 5.74) is 1.10. The van der Waals surface area contributed by atoms with Crippen LogP contribution in [0.3, 0.4) is 0 Å². The van der Waals surface area contributed by atoms with Crippen LogP contribution >= 0.6 is 11.8 Å². The van der Waals surface area contributed by atoms with Crippen molar-refractivity contribution in [3.05, 3.63) is 71.3 Å². The van der Waals surface area contributed by atoms with Crippen molar-refractivity contribution in [2.75, 3.05) is 5.75 Å². The zero-order valence-corrected chi connectivity index (χ0v) is 37.9. The molecule has 2 aromatic rings. The third-order valence-electron chi connectivity index (χ3n) is 9.64. The number of hydrogen-bond acceptors (Lipinski definition) is 10. The van der Waals surface area contributed by atoms with Crippen LogP contribution in [-0.4, -0.2) is 112 Å². The number of hydrogen-bond donors (Lipinski definition) is 8. The fourth-order valence-electron chi connectivity index (χ4n) is 6.28. The number of halogens is 3. The molecule has 0 aliphatic carbocycles. The number of aliphatic carboxylic acids is 2. The van der Waals surface area contributed by atoms with E-state index in [2.05, 4.69) is 26.6 Å². The van der Waals surface area contributed by atoms with E-state index in [1.165, 1.54) is 11.8 Å². The Morgan fingerprint density at radius 2 is 1.23 bits per heavy atom. The van der Waals surface area contributed by atoms with Crippen LogP contribution in [0.1, 0.15) is 83.4 Å². The number of benzene rings is 2. The van der Waals surface area contributed by atoms with Gasteiger partial charge >= 0.3 is 18.1 Å². The molecule has 0 spiro atoms. The number of carbonyl (C=O) groups is 9. The minimum atomic E-state index is -4.78. The average Bonchev–Trinajstić information content (AvgIpc) is 3.20. The number of carboxylic acid groups (broad SMARTS) is 2. The minimum Gasteiger partial charge on any atom is -0.481 e. The molecule has 8 N–H and O–H groups in total. The molecule has 358 valence electrons. The van der Waals surface area contributed by atoms with Crippen molar-refractivity contribution in [3.63, 3.8) is 0 Å². The highest BCUT2D eigenvalue weighted by molar-refractivity contribution is 7.98. The summed E-state index contributed by atoms with van der Waals surface area (Å²) in [6.07, 6.45) is -8.76. The molecule has 0 heterocycles. The number of carboxylic acids is 2. The third kappa shape index (κ3) is 21.0. The molecule has 21 heteroatoms. The van der Waals surface area contributed by atoms with E-state index in [-0.39, 0.29) is 30.8 Å². The van der Waals surface area contributed by atoms with Gasteiger partial charge in [-0.2, -0.15) is 24.9 Å². The second-order valence-electron chi connectivity index (χ2n) is 16.9. The molecule has 0 unspecified atom stereocenters. The lowest BCUT2D eigenvalue weighted by Crippen LogP contribution is -2.62. The van der Waals surface area contributed by atoms with Crippen LogP contribution in [0.2, 0.25) is 0 Å². The normalized spacial score (nSPS) is 14.3. The summed E-state index contributed by atoms with van der Waals surface area (Å²) in [6.45, 7) is 9.94. The molecule has 0 aromatic heterocycles. The van der Waals surface area contributed by atoms with Gasteiger partial charge in [-0.25, -0.2) is 0 Å². The second kappa shape index (κ2) is 26.1. The van der Waals surface area contributed by atoms with Crippen LogP contribution < -0.4 is 31.9 Å². The van der Waals surface area contributed by atoms with E-state index in [0.29, 0.717) is 11.3 Å². The van der Waals surface area contributed by atoms with Gasteiger partial charge in [0.05, 0.1) is 25.3 Å². The van der Waals surface area contributed by atoms with E-state index in [1.54, 1.807) is 84.0 Å². The fourth-order valence-corrected chi connectivity index (χ4v) is 7.29. The summed E-state index contributed by atoms with van der Waals surface area (Å²) in [4.78, 5) is 116. The molecule has 0 aliphatic rings. The zero-order chi connectivity index (χ0) is 49.1. The van der Waals surface area contributed by atoms with Gasteiger partial charge in [-0.1, -0.05) is 89.2 Å². The number of rotatable bonds is 26. The Balaban J connectivity index is 2.52. The predicted molar refractivity (Wildman–Crippen MR) is 234 cm³/mol. The Bertz CT molecular complexity index is 1980. The van der Waals surface area contributed by atoms with Crippen LogP contribution in [0.15, 0.2) is 54.6 Å². The van der Waals surface area contributed by atoms with Crippen LogP contribution in [0.5, 0.6) is 0 Å². The van der Waals surface area contributed by atoms with E-state index in [4.69, 9.17) is 5.11 Å². The fraction of sp³-hybridized carbons (Fsp3) is 0.523. The molecule has 6 atom stereocenters. The summed E-state index contributed by atoms with van der Waals surface area (Å²) >= 11 is 1.21. The van der Waals surface area contributed by atoms with Gasteiger partial charge < -0.3 is 46.9 Å². The van der Waals surface area contributed by atoms with Gasteiger partial charge in [0.15, 0.2) is 0 Å². The number of aryl methyl sites for hydroxylation is 1. The summed E-state index contributed by atoms with van der Waals surface area (Å²) in [5, 5.41) is 33.0. The van der Waals surface area contributed by atoms with Gasteiger partial charge in [0.1, 0.15) is 36.5 Å². The highest BCUT2D eigenvalue weighted by Gasteiger charge is 2.39. The molecular formula is C44H59F3N6O11S. The molecule has 2 aromatic carbocycles. The SMILES string of the molecule is Cc1ccccc1C[C@H](NC(=O)[C@H](CSCc1ccccc1)NC(=O)[C@H](CC(=O)O)NC(=O)CCC(=O)O)C(=O)N[C@H](C(=O)N[C@@H](CC(C)C)C(=O)N[C@H](C=O)CC(F)(F)F)C(C)(C)C. The molecule has 0 aliphatic heterocycles. The molecule has 17 nitrogen and oxygen atoms in total. The van der Waals surface area contributed by atoms with Crippen LogP contribution in [-0.2, 0) is 55.3 Å². The molecule has 0 radical (unpaired) electrons. The Labute approximate surface area is 379 Å². The maximum atomic E-state index is 14.4. The van der Waals surface area contributed by atoms with Crippen molar-refractivity contribution < 1.29 is 66.5 Å². The number of carbonyl (C=O) groups excluding carboxylic acids is 7. The molecule has 65 heavy (non-hydrogen) atoms. The lowest BCUT2D eigenvalue weighted by atomic mass is 9.85. The van der Waals surface area contributed by atoms with Gasteiger partial charge in [0, 0.05) is 24.3 Å². The Morgan fingerprint density at radius 1 is 0.677 bits per heavy atom. The third-order valence-corrected chi connectivity index (χ3v) is 10.7. The molecular weight excluding hydrogens is 878 g/mol. The Kier molecular flexibility index (Phi) is 22.1. The van der Waals surface area contributed by atoms with Crippen molar-refractivity contribution in [2.45, 2.75) is 128 Å². The van der Waals surface area contributed by atoms with Crippen molar-refractivity contribution in [1.29, 1.82) is 0 Å². The maximum Gasteiger partial charge on any atom is 0.391 e. The summed E-state index contributed by atoms with van der Waals surface area (Å²) in [5.74, 6) is -8.60. The van der Waals surface area contributed by atoms with Gasteiger partial charge in [0.2, 0.25) is 35.4 Å². The van der Waals surface area contributed by atoms with E-state index >= 15 is 0 Å². The van der Waals surface area contributed by atoms with Crippen molar-refractivity contribution >= 4 is 65.4 Å². The van der Waals surface area contributed by atoms with Crippen molar-refractivity contribution in [3.8, 4) is 0 Å². The van der Waals surface area contributed by atoms with E-state index in [9.17, 15) is 61.4 Å². The predicted octanol–water partition coefficient (Wildman–Crippen LogP) is 2.96. The topological polar surface area (TPSA) is 266 Å². The van der Waals surface area contributed by atoms with Crippen LogP contribution in [0.25, 0.3) is 0 Å². The number of thioether (sulfide) groups is 1. The van der Waals surface area contributed by atoms with E-state index in [0.717, 1.165) is 11.1 Å². The summed E-state index contributed by atoms with van der Waals surface area (Å²) < 4.78 is 39.3. The Hall–Kier alpha value is -5.99. The lowest BCUT2D eigenvalue weighted by molar-refractivity contribution is -0.147. The summed E-state index contributed by atoms with van der Waals surface area (Å²) in [6, 6.07) is 6.56. The van der Waals surface area contributed by atoms with Crippen LogP contribution in [0.4, 0.5) is 13.2 Å². The van der Waals surface area contributed by atoms with Crippen molar-refractivity contribution in [1.82, 2.24) is 31.9 Å². The standard InChI is InChI=1S/C44H59F3N6O11S/c1-25(2)18-30(38(60)48-29(22-54)21-44(45,46)47)51-42(64)37(43(4,5)6)53-40(62)31(19-28-15-11-10-12-26(28)3)50-41(63)33(24-65-23-27-13-8-7-9-14-27)52-39(61)32(20-36(58)59)49-34(55)16-17-35(56)57/h7-15,22,25,29-33,37H,16-21,23-24H2,1-6H3,(H,48,60)(H,49,55)(H,50,63)(H,51,64)(H,52,61)(H,53,62)(H,56,57)(H,58,59)/t29-,30-,31-,32-,33-,37+/m0/s1. The summed E-state index contributed by atoms with van der Waals surface area (Å²) in [7, 11) is 0. The quantitative estimate of drug-likeness (QED) is 0.0634. The minimum absolute atomic E-state index is 0.0549. The molecule has 0 fully saturated rings. The van der Waals surface area contributed by atoms with Gasteiger partial charge in [-0.15, -0.1) is 0 Å². The lowest BCUT2D eigenvalue weighted by Gasteiger charge is -2.34. The van der Waals surface area contributed by atoms with Gasteiger partial charge in [-0.3, -0.25) is 38.4 Å². The first kappa shape index (κ1) is 55.1.